The Kier molecular flexibility index (Phi) is 6.08. The van der Waals surface area contributed by atoms with Gasteiger partial charge in [-0.3, -0.25) is 0 Å². The van der Waals surface area contributed by atoms with E-state index in [4.69, 9.17) is 14.9 Å². The van der Waals surface area contributed by atoms with Gasteiger partial charge in [-0.05, 0) is 0 Å². The molecule has 1 saturated heterocycles. The third kappa shape index (κ3) is 2.92. The molecule has 0 aromatic rings. The molecule has 1 heterocycles. The molecule has 7 heteroatoms. The SMILES string of the molecule is OC[C@H]1OC(S)[C@H](O)[C@@H](O)[C@@H]1O.[Au+]. The van der Waals surface area contributed by atoms with Gasteiger partial charge in [0.25, 0.3) is 0 Å². The standard InChI is InChI=1S/C6H12O5S.Au/c7-1-2-3(8)4(9)5(10)6(12)11-2;/h2-10,12H,1H2;/q;+1/t2-,3-,4+,5-,6?;/m1./s1. The average molecular weight is 393 g/mol. The molecule has 82 valence electrons. The van der Waals surface area contributed by atoms with Gasteiger partial charge in [0, 0.05) is 0 Å². The van der Waals surface area contributed by atoms with Gasteiger partial charge < -0.3 is 25.2 Å². The van der Waals surface area contributed by atoms with Crippen LogP contribution in [0.5, 0.6) is 0 Å². The molecule has 0 amide bonds. The molecule has 1 aliphatic rings. The van der Waals surface area contributed by atoms with Crippen molar-refractivity contribution in [1.29, 1.82) is 0 Å². The maximum Gasteiger partial charge on any atom is 1.00 e. The zero-order valence-electron chi connectivity index (χ0n) is 6.54. The molecule has 5 atom stereocenters. The molecule has 1 aliphatic heterocycles. The van der Waals surface area contributed by atoms with Crippen LogP contribution in [-0.4, -0.2) is 56.9 Å². The van der Waals surface area contributed by atoms with Crippen molar-refractivity contribution in [3.05, 3.63) is 0 Å². The number of hydrogen-bond acceptors (Lipinski definition) is 6. The maximum atomic E-state index is 9.20. The maximum absolute atomic E-state index is 9.20. The van der Waals surface area contributed by atoms with E-state index >= 15 is 0 Å². The van der Waals surface area contributed by atoms with Crippen LogP contribution in [0, 0.1) is 0 Å². The fourth-order valence-electron chi connectivity index (χ4n) is 1.08. The van der Waals surface area contributed by atoms with Gasteiger partial charge in [-0.1, -0.05) is 0 Å². The minimum atomic E-state index is -1.32. The quantitative estimate of drug-likeness (QED) is 0.256. The molecule has 0 bridgehead atoms. The Morgan fingerprint density at radius 2 is 1.62 bits per heavy atom. The third-order valence-electron chi connectivity index (χ3n) is 1.87. The zero-order valence-corrected chi connectivity index (χ0v) is 9.60. The van der Waals surface area contributed by atoms with Crippen molar-refractivity contribution in [2.24, 2.45) is 0 Å². The summed E-state index contributed by atoms with van der Waals surface area (Å²) in [6.45, 7) is -0.415. The number of rotatable bonds is 1. The fraction of sp³-hybridized carbons (Fsp3) is 1.00. The van der Waals surface area contributed by atoms with Crippen LogP contribution in [0.1, 0.15) is 0 Å². The van der Waals surface area contributed by atoms with E-state index in [0.717, 1.165) is 0 Å². The molecule has 0 radical (unpaired) electrons. The van der Waals surface area contributed by atoms with Crippen molar-refractivity contribution >= 4 is 12.6 Å². The van der Waals surface area contributed by atoms with E-state index in [1.807, 2.05) is 0 Å². The van der Waals surface area contributed by atoms with E-state index in [2.05, 4.69) is 12.6 Å². The van der Waals surface area contributed by atoms with Crippen molar-refractivity contribution in [3.8, 4) is 0 Å². The van der Waals surface area contributed by atoms with Gasteiger partial charge in [-0.25, -0.2) is 0 Å². The summed E-state index contributed by atoms with van der Waals surface area (Å²) in [5.41, 5.74) is -0.874. The second-order valence-corrected chi connectivity index (χ2v) is 3.23. The summed E-state index contributed by atoms with van der Waals surface area (Å²) in [6, 6.07) is 0. The van der Waals surface area contributed by atoms with Crippen LogP contribution >= 0.6 is 12.6 Å². The zero-order chi connectivity index (χ0) is 9.30. The number of aliphatic hydroxyl groups excluding tert-OH is 4. The summed E-state index contributed by atoms with van der Waals surface area (Å²) in [6.07, 6.45) is -4.70. The summed E-state index contributed by atoms with van der Waals surface area (Å²) < 4.78 is 4.88. The van der Waals surface area contributed by atoms with Crippen molar-refractivity contribution in [3.63, 3.8) is 0 Å². The molecule has 0 spiro atoms. The van der Waals surface area contributed by atoms with Crippen LogP contribution in [-0.2, 0) is 27.1 Å². The van der Waals surface area contributed by atoms with Crippen LogP contribution in [0.2, 0.25) is 0 Å². The topological polar surface area (TPSA) is 90.2 Å². The van der Waals surface area contributed by atoms with Gasteiger partial charge in [0.1, 0.15) is 29.9 Å². The number of ether oxygens (including phenoxy) is 1. The van der Waals surface area contributed by atoms with Crippen LogP contribution in [0.15, 0.2) is 0 Å². The van der Waals surface area contributed by atoms with Crippen molar-refractivity contribution in [1.82, 2.24) is 0 Å². The Morgan fingerprint density at radius 1 is 1.08 bits per heavy atom. The molecule has 4 N–H and O–H groups in total. The van der Waals surface area contributed by atoms with E-state index in [0.29, 0.717) is 0 Å². The van der Waals surface area contributed by atoms with Crippen molar-refractivity contribution in [2.45, 2.75) is 29.9 Å². The van der Waals surface area contributed by atoms with Crippen LogP contribution < -0.4 is 0 Å². The average Bonchev–Trinajstić information content (AvgIpc) is 2.08. The van der Waals surface area contributed by atoms with Gasteiger partial charge in [0.2, 0.25) is 0 Å². The molecule has 5 nitrogen and oxygen atoms in total. The van der Waals surface area contributed by atoms with Crippen LogP contribution in [0.25, 0.3) is 0 Å². The molecule has 0 aromatic heterocycles. The van der Waals surface area contributed by atoms with E-state index in [1.54, 1.807) is 0 Å². The second-order valence-electron chi connectivity index (χ2n) is 2.72. The van der Waals surface area contributed by atoms with Gasteiger partial charge in [0.15, 0.2) is 0 Å². The fourth-order valence-corrected chi connectivity index (χ4v) is 1.41. The minimum absolute atomic E-state index is 0. The summed E-state index contributed by atoms with van der Waals surface area (Å²) in [7, 11) is 0. The van der Waals surface area contributed by atoms with Crippen molar-refractivity contribution in [2.75, 3.05) is 6.61 Å². The molecule has 0 saturated carbocycles. The summed E-state index contributed by atoms with van der Waals surface area (Å²) in [4.78, 5) is 0. The normalized spacial score (nSPS) is 45.5. The third-order valence-corrected chi connectivity index (χ3v) is 2.29. The van der Waals surface area contributed by atoms with E-state index in [9.17, 15) is 10.2 Å². The first kappa shape index (κ1) is 13.9. The second kappa shape index (κ2) is 5.69. The smallest absolute Gasteiger partial charge is 0.394 e. The Morgan fingerprint density at radius 3 is 2.08 bits per heavy atom. The van der Waals surface area contributed by atoms with Crippen molar-refractivity contribution < 1.29 is 47.5 Å². The Bertz CT molecular complexity index is 155. The van der Waals surface area contributed by atoms with Gasteiger partial charge in [-0.15, -0.1) is 12.6 Å². The Hall–Kier alpha value is 0.890. The number of aliphatic hydroxyl groups is 4. The first-order chi connectivity index (χ1) is 5.57. The Labute approximate surface area is 96.6 Å². The molecule has 1 rings (SSSR count). The molecule has 0 aromatic carbocycles. The van der Waals surface area contributed by atoms with Gasteiger partial charge >= 0.3 is 22.4 Å². The van der Waals surface area contributed by atoms with E-state index in [1.165, 1.54) is 0 Å². The van der Waals surface area contributed by atoms with Crippen LogP contribution in [0.3, 0.4) is 0 Å². The van der Waals surface area contributed by atoms with Gasteiger partial charge in [-0.2, -0.15) is 0 Å². The Balaban J connectivity index is 0.00000144. The van der Waals surface area contributed by atoms with E-state index in [-0.39, 0.29) is 22.4 Å². The number of hydrogen-bond donors (Lipinski definition) is 5. The summed E-state index contributed by atoms with van der Waals surface area (Å²) >= 11 is 3.81. The minimum Gasteiger partial charge on any atom is -0.394 e. The summed E-state index contributed by atoms with van der Waals surface area (Å²) in [5.74, 6) is 0. The first-order valence-corrected chi connectivity index (χ1v) is 4.08. The monoisotopic (exact) mass is 393 g/mol. The predicted molar refractivity (Wildman–Crippen MR) is 42.8 cm³/mol. The van der Waals surface area contributed by atoms with E-state index < -0.39 is 36.5 Å². The molecule has 13 heavy (non-hydrogen) atoms. The predicted octanol–water partition coefficient (Wildman–Crippen LogP) is -2.29. The number of thiol groups is 1. The summed E-state index contributed by atoms with van der Waals surface area (Å²) in [5, 5.41) is 36.2. The van der Waals surface area contributed by atoms with Gasteiger partial charge in [0.05, 0.1) is 6.61 Å². The molecule has 1 fully saturated rings. The first-order valence-electron chi connectivity index (χ1n) is 3.56. The molecular formula is C6H12AuO5S+. The largest absolute Gasteiger partial charge is 1.00 e. The molecule has 1 unspecified atom stereocenters. The molecular weight excluding hydrogens is 381 g/mol. The molecule has 0 aliphatic carbocycles. The van der Waals surface area contributed by atoms with Crippen LogP contribution in [0.4, 0.5) is 0 Å².